The van der Waals surface area contributed by atoms with Gasteiger partial charge in [-0.3, -0.25) is 4.79 Å². The van der Waals surface area contributed by atoms with Crippen LogP contribution >= 0.6 is 0 Å². The Bertz CT molecular complexity index is 399. The molecule has 78 valence electrons. The maximum atomic E-state index is 11.8. The van der Waals surface area contributed by atoms with E-state index in [0.29, 0.717) is 13.1 Å². The van der Waals surface area contributed by atoms with Crippen LogP contribution in [0.15, 0.2) is 16.5 Å². The van der Waals surface area contributed by atoms with E-state index in [0.717, 1.165) is 13.1 Å². The first-order chi connectivity index (χ1) is 7.31. The maximum absolute atomic E-state index is 11.8. The molecule has 1 saturated heterocycles. The van der Waals surface area contributed by atoms with Crippen molar-refractivity contribution in [3.05, 3.63) is 23.7 Å². The molecule has 0 saturated carbocycles. The van der Waals surface area contributed by atoms with Gasteiger partial charge in [0.25, 0.3) is 5.91 Å². The Morgan fingerprint density at radius 1 is 1.47 bits per heavy atom. The van der Waals surface area contributed by atoms with Crippen LogP contribution in [-0.4, -0.2) is 37.0 Å². The molecule has 0 unspecified atom stereocenters. The number of rotatable bonds is 1. The average molecular weight is 205 g/mol. The Hall–Kier alpha value is -1.80. The molecular formula is C10H11N3O2. The predicted molar refractivity (Wildman–Crippen MR) is 52.2 cm³/mol. The van der Waals surface area contributed by atoms with Crippen molar-refractivity contribution in [2.45, 2.75) is 0 Å². The second-order valence-electron chi connectivity index (χ2n) is 3.32. The summed E-state index contributed by atoms with van der Waals surface area (Å²) in [5.41, 5.74) is 0. The number of carbonyl (C=O) groups is 1. The highest BCUT2D eigenvalue weighted by molar-refractivity contribution is 5.91. The molecule has 0 aromatic carbocycles. The summed E-state index contributed by atoms with van der Waals surface area (Å²) in [5.74, 6) is 0.278. The molecule has 5 heteroatoms. The summed E-state index contributed by atoms with van der Waals surface area (Å²) in [6, 6.07) is 4.91. The van der Waals surface area contributed by atoms with Crippen molar-refractivity contribution in [2.75, 3.05) is 26.2 Å². The molecule has 0 bridgehead atoms. The van der Waals surface area contributed by atoms with Crippen molar-refractivity contribution in [3.63, 3.8) is 0 Å². The Morgan fingerprint density at radius 3 is 2.80 bits per heavy atom. The first kappa shape index (κ1) is 9.74. The summed E-state index contributed by atoms with van der Waals surface area (Å²) in [5, 5.41) is 11.7. The first-order valence-corrected chi connectivity index (χ1v) is 4.81. The van der Waals surface area contributed by atoms with Crippen LogP contribution in [0, 0.1) is 11.3 Å². The molecule has 1 aromatic heterocycles. The third kappa shape index (κ3) is 2.00. The third-order valence-corrected chi connectivity index (χ3v) is 2.33. The molecule has 15 heavy (non-hydrogen) atoms. The summed E-state index contributed by atoms with van der Waals surface area (Å²) in [4.78, 5) is 13.5. The molecule has 1 aromatic rings. The van der Waals surface area contributed by atoms with Crippen LogP contribution in [-0.2, 0) is 0 Å². The van der Waals surface area contributed by atoms with Gasteiger partial charge in [-0.2, -0.15) is 5.26 Å². The number of piperazine rings is 1. The van der Waals surface area contributed by atoms with E-state index in [2.05, 4.69) is 5.32 Å². The summed E-state index contributed by atoms with van der Waals surface area (Å²) in [6.07, 6.45) is 0. The smallest absolute Gasteiger partial charge is 0.289 e. The summed E-state index contributed by atoms with van der Waals surface area (Å²) in [6.45, 7) is 2.97. The highest BCUT2D eigenvalue weighted by Crippen LogP contribution is 2.10. The number of amides is 1. The van der Waals surface area contributed by atoms with Gasteiger partial charge >= 0.3 is 0 Å². The molecule has 0 spiro atoms. The molecule has 2 rings (SSSR count). The number of nitriles is 1. The molecule has 0 radical (unpaired) electrons. The number of furan rings is 1. The zero-order chi connectivity index (χ0) is 10.7. The third-order valence-electron chi connectivity index (χ3n) is 2.33. The summed E-state index contributed by atoms with van der Waals surface area (Å²) in [7, 11) is 0. The molecule has 5 nitrogen and oxygen atoms in total. The minimum Gasteiger partial charge on any atom is -0.440 e. The van der Waals surface area contributed by atoms with Gasteiger partial charge in [-0.05, 0) is 12.1 Å². The van der Waals surface area contributed by atoms with Crippen LogP contribution in [0.1, 0.15) is 16.3 Å². The molecule has 0 atom stereocenters. The lowest BCUT2D eigenvalue weighted by Crippen LogP contribution is -2.46. The number of hydrogen-bond acceptors (Lipinski definition) is 4. The molecular weight excluding hydrogens is 194 g/mol. The number of nitrogens with one attached hydrogen (secondary N) is 1. The average Bonchev–Trinajstić information content (AvgIpc) is 2.78. The van der Waals surface area contributed by atoms with Crippen LogP contribution in [0.4, 0.5) is 0 Å². The highest BCUT2D eigenvalue weighted by Gasteiger charge is 2.20. The van der Waals surface area contributed by atoms with Crippen molar-refractivity contribution in [3.8, 4) is 6.07 Å². The zero-order valence-electron chi connectivity index (χ0n) is 8.19. The molecule has 1 N–H and O–H groups in total. The number of hydrogen-bond donors (Lipinski definition) is 1. The van der Waals surface area contributed by atoms with Gasteiger partial charge in [-0.25, -0.2) is 0 Å². The van der Waals surface area contributed by atoms with E-state index < -0.39 is 0 Å². The standard InChI is InChI=1S/C10H11N3O2/c11-7-8-1-2-9(15-8)10(14)13-5-3-12-4-6-13/h1-2,12H,3-6H2. The van der Waals surface area contributed by atoms with E-state index >= 15 is 0 Å². The van der Waals surface area contributed by atoms with Gasteiger partial charge in [0.2, 0.25) is 5.76 Å². The fraction of sp³-hybridized carbons (Fsp3) is 0.400. The van der Waals surface area contributed by atoms with Gasteiger partial charge in [0.1, 0.15) is 6.07 Å². The second kappa shape index (κ2) is 4.15. The van der Waals surface area contributed by atoms with Gasteiger partial charge in [0.15, 0.2) is 5.76 Å². The van der Waals surface area contributed by atoms with Gasteiger partial charge in [0, 0.05) is 26.2 Å². The van der Waals surface area contributed by atoms with Gasteiger partial charge in [-0.15, -0.1) is 0 Å². The van der Waals surface area contributed by atoms with E-state index in [1.165, 1.54) is 6.07 Å². The second-order valence-corrected chi connectivity index (χ2v) is 3.32. The van der Waals surface area contributed by atoms with Crippen molar-refractivity contribution in [1.29, 1.82) is 5.26 Å². The van der Waals surface area contributed by atoms with Crippen molar-refractivity contribution in [1.82, 2.24) is 10.2 Å². The van der Waals surface area contributed by atoms with Crippen LogP contribution in [0.3, 0.4) is 0 Å². The Labute approximate surface area is 87.3 Å². The number of carbonyl (C=O) groups excluding carboxylic acids is 1. The summed E-state index contributed by atoms with van der Waals surface area (Å²) >= 11 is 0. The normalized spacial score (nSPS) is 16.1. The lowest BCUT2D eigenvalue weighted by molar-refractivity contribution is 0.0703. The van der Waals surface area contributed by atoms with Crippen LogP contribution in [0.5, 0.6) is 0 Å². The highest BCUT2D eigenvalue weighted by atomic mass is 16.3. The van der Waals surface area contributed by atoms with E-state index in [1.54, 1.807) is 11.0 Å². The fourth-order valence-electron chi connectivity index (χ4n) is 1.54. The Kier molecular flexibility index (Phi) is 2.70. The molecule has 1 aliphatic rings. The van der Waals surface area contributed by atoms with Crippen LogP contribution < -0.4 is 5.32 Å². The zero-order valence-corrected chi connectivity index (χ0v) is 8.19. The van der Waals surface area contributed by atoms with Crippen molar-refractivity contribution in [2.24, 2.45) is 0 Å². The molecule has 0 aliphatic carbocycles. The van der Waals surface area contributed by atoms with Crippen LogP contribution in [0.25, 0.3) is 0 Å². The van der Waals surface area contributed by atoms with Crippen molar-refractivity contribution >= 4 is 5.91 Å². The van der Waals surface area contributed by atoms with E-state index in [1.807, 2.05) is 6.07 Å². The SMILES string of the molecule is N#Cc1ccc(C(=O)N2CCNCC2)o1. The lowest BCUT2D eigenvalue weighted by atomic mass is 10.3. The Morgan fingerprint density at radius 2 is 2.20 bits per heavy atom. The first-order valence-electron chi connectivity index (χ1n) is 4.81. The van der Waals surface area contributed by atoms with E-state index in [-0.39, 0.29) is 17.4 Å². The molecule has 1 aliphatic heterocycles. The lowest BCUT2D eigenvalue weighted by Gasteiger charge is -2.26. The monoisotopic (exact) mass is 205 g/mol. The van der Waals surface area contributed by atoms with Gasteiger partial charge < -0.3 is 14.6 Å². The molecule has 1 amide bonds. The fourth-order valence-corrected chi connectivity index (χ4v) is 1.54. The minimum atomic E-state index is -0.141. The van der Waals surface area contributed by atoms with E-state index in [4.69, 9.17) is 9.68 Å². The topological polar surface area (TPSA) is 69.3 Å². The minimum absolute atomic E-state index is 0.141. The molecule has 2 heterocycles. The maximum Gasteiger partial charge on any atom is 0.289 e. The van der Waals surface area contributed by atoms with E-state index in [9.17, 15) is 4.79 Å². The van der Waals surface area contributed by atoms with Crippen molar-refractivity contribution < 1.29 is 9.21 Å². The summed E-state index contributed by atoms with van der Waals surface area (Å²) < 4.78 is 5.08. The molecule has 1 fully saturated rings. The Balaban J connectivity index is 2.09. The van der Waals surface area contributed by atoms with Gasteiger partial charge in [-0.1, -0.05) is 0 Å². The largest absolute Gasteiger partial charge is 0.440 e. The predicted octanol–water partition coefficient (Wildman–Crippen LogP) is 0.197. The quantitative estimate of drug-likeness (QED) is 0.710. The van der Waals surface area contributed by atoms with Crippen LogP contribution in [0.2, 0.25) is 0 Å². The van der Waals surface area contributed by atoms with Gasteiger partial charge in [0.05, 0.1) is 0 Å². The number of nitrogens with zero attached hydrogens (tertiary/aromatic N) is 2.